The zero-order valence-corrected chi connectivity index (χ0v) is 15.4. The number of para-hydroxylation sites is 2. The van der Waals surface area contributed by atoms with Gasteiger partial charge >= 0.3 is 0 Å². The first-order valence-corrected chi connectivity index (χ1v) is 8.57. The number of amides is 2. The summed E-state index contributed by atoms with van der Waals surface area (Å²) in [5.74, 6) is -0.198. The first-order chi connectivity index (χ1) is 13.4. The van der Waals surface area contributed by atoms with Crippen LogP contribution in [-0.2, 0) is 9.59 Å². The predicted molar refractivity (Wildman–Crippen MR) is 102 cm³/mol. The van der Waals surface area contributed by atoms with Crippen molar-refractivity contribution in [2.24, 2.45) is 0 Å². The zero-order valence-electron chi connectivity index (χ0n) is 15.4. The van der Waals surface area contributed by atoms with E-state index in [9.17, 15) is 19.7 Å². The molecule has 1 heterocycles. The summed E-state index contributed by atoms with van der Waals surface area (Å²) in [6, 6.07) is 10.5. The van der Waals surface area contributed by atoms with Gasteiger partial charge in [0, 0.05) is 18.5 Å². The minimum atomic E-state index is -0.557. The molecule has 0 radical (unpaired) electrons. The second-order valence-corrected chi connectivity index (χ2v) is 6.26. The first kappa shape index (κ1) is 19.2. The Morgan fingerprint density at radius 1 is 1.29 bits per heavy atom. The smallest absolute Gasteiger partial charge is 0.273 e. The van der Waals surface area contributed by atoms with Crippen LogP contribution in [0.2, 0.25) is 0 Å². The Balaban J connectivity index is 1.84. The highest BCUT2D eigenvalue weighted by molar-refractivity contribution is 6.04. The molecule has 2 aromatic carbocycles. The average Bonchev–Trinajstić information content (AvgIpc) is 2.79. The highest BCUT2D eigenvalue weighted by Gasteiger charge is 2.30. The van der Waals surface area contributed by atoms with Gasteiger partial charge < -0.3 is 19.7 Å². The van der Waals surface area contributed by atoms with Gasteiger partial charge in [-0.05, 0) is 25.1 Å². The molecule has 0 unspecified atom stereocenters. The van der Waals surface area contributed by atoms with Crippen molar-refractivity contribution in [2.45, 2.75) is 19.4 Å². The Hall–Kier alpha value is -3.62. The number of fused-ring (bicyclic) bond motifs is 1. The number of nitro benzene ring substituents is 1. The molecule has 0 aliphatic carbocycles. The van der Waals surface area contributed by atoms with Gasteiger partial charge in [0.1, 0.15) is 0 Å². The molecule has 2 amide bonds. The van der Waals surface area contributed by atoms with E-state index in [-0.39, 0.29) is 48.1 Å². The quantitative estimate of drug-likeness (QED) is 0.626. The van der Waals surface area contributed by atoms with E-state index in [1.165, 1.54) is 30.2 Å². The number of methoxy groups -OCH3 is 1. The van der Waals surface area contributed by atoms with Gasteiger partial charge in [0.15, 0.2) is 18.1 Å². The average molecular weight is 385 g/mol. The van der Waals surface area contributed by atoms with E-state index >= 15 is 0 Å². The maximum absolute atomic E-state index is 12.9. The lowest BCUT2D eigenvalue weighted by atomic mass is 10.1. The number of anilines is 2. The minimum absolute atomic E-state index is 0.0926. The van der Waals surface area contributed by atoms with Gasteiger partial charge in [0.2, 0.25) is 5.91 Å². The summed E-state index contributed by atoms with van der Waals surface area (Å²) in [6.45, 7) is 1.40. The molecule has 0 saturated carbocycles. The van der Waals surface area contributed by atoms with Crippen molar-refractivity contribution in [1.29, 1.82) is 0 Å². The van der Waals surface area contributed by atoms with E-state index in [1.54, 1.807) is 31.2 Å². The molecule has 146 valence electrons. The van der Waals surface area contributed by atoms with E-state index in [0.29, 0.717) is 11.4 Å². The molecule has 1 N–H and O–H groups in total. The van der Waals surface area contributed by atoms with Gasteiger partial charge in [-0.15, -0.1) is 0 Å². The molecule has 3 rings (SSSR count). The number of hydrogen-bond donors (Lipinski definition) is 1. The van der Waals surface area contributed by atoms with E-state index < -0.39 is 4.92 Å². The fraction of sp³-hybridized carbons (Fsp3) is 0.263. The van der Waals surface area contributed by atoms with Crippen molar-refractivity contribution < 1.29 is 24.0 Å². The number of carbonyl (C=O) groups excluding carboxylic acids is 2. The Bertz CT molecular complexity index is 930. The summed E-state index contributed by atoms with van der Waals surface area (Å²) in [4.78, 5) is 36.9. The van der Waals surface area contributed by atoms with Crippen LogP contribution in [0.4, 0.5) is 17.1 Å². The molecule has 0 saturated heterocycles. The maximum atomic E-state index is 12.9. The number of carbonyl (C=O) groups is 2. The number of nitro groups is 1. The summed E-state index contributed by atoms with van der Waals surface area (Å²) in [7, 11) is 1.40. The molecule has 1 aliphatic heterocycles. The summed E-state index contributed by atoms with van der Waals surface area (Å²) >= 11 is 0. The summed E-state index contributed by atoms with van der Waals surface area (Å²) in [6.07, 6.45) is 0.139. The fourth-order valence-corrected chi connectivity index (χ4v) is 3.07. The third-order valence-corrected chi connectivity index (χ3v) is 4.34. The van der Waals surface area contributed by atoms with E-state index in [4.69, 9.17) is 9.47 Å². The summed E-state index contributed by atoms with van der Waals surface area (Å²) in [5, 5.41) is 13.8. The van der Waals surface area contributed by atoms with Crippen LogP contribution >= 0.6 is 0 Å². The molecule has 0 aromatic heterocycles. The van der Waals surface area contributed by atoms with Crippen molar-refractivity contribution in [3.05, 3.63) is 52.6 Å². The summed E-state index contributed by atoms with van der Waals surface area (Å²) < 4.78 is 10.7. The van der Waals surface area contributed by atoms with Gasteiger partial charge in [-0.2, -0.15) is 0 Å². The van der Waals surface area contributed by atoms with Crippen molar-refractivity contribution in [1.82, 2.24) is 0 Å². The van der Waals surface area contributed by atoms with Crippen LogP contribution in [0.15, 0.2) is 42.5 Å². The topological polar surface area (TPSA) is 111 Å². The van der Waals surface area contributed by atoms with Crippen molar-refractivity contribution in [3.8, 4) is 11.5 Å². The van der Waals surface area contributed by atoms with Gasteiger partial charge in [-0.25, -0.2) is 0 Å². The van der Waals surface area contributed by atoms with Crippen LogP contribution < -0.4 is 19.7 Å². The zero-order chi connectivity index (χ0) is 20.3. The molecule has 9 nitrogen and oxygen atoms in total. The lowest BCUT2D eigenvalue weighted by Crippen LogP contribution is -2.41. The molecule has 28 heavy (non-hydrogen) atoms. The highest BCUT2D eigenvalue weighted by Crippen LogP contribution is 2.33. The van der Waals surface area contributed by atoms with E-state index in [1.807, 2.05) is 0 Å². The Labute approximate surface area is 161 Å². The molecule has 0 fully saturated rings. The summed E-state index contributed by atoms with van der Waals surface area (Å²) in [5.41, 5.74) is 0.935. The molecule has 1 atom stereocenters. The molecule has 0 spiro atoms. The molecular formula is C19H19N3O6. The molecule has 9 heteroatoms. The SMILES string of the molecule is COc1ccc([N+](=O)[O-])cc1OCC(=O)N1c2ccccc2NC(=O)C[C@@H]1C. The Kier molecular flexibility index (Phi) is 5.44. The van der Waals surface area contributed by atoms with Crippen LogP contribution in [-0.4, -0.2) is 36.5 Å². The largest absolute Gasteiger partial charge is 0.493 e. The van der Waals surface area contributed by atoms with Crippen LogP contribution in [0.25, 0.3) is 0 Å². The van der Waals surface area contributed by atoms with Gasteiger partial charge in [-0.3, -0.25) is 19.7 Å². The molecule has 0 bridgehead atoms. The number of non-ortho nitro benzene ring substituents is 1. The van der Waals surface area contributed by atoms with Crippen LogP contribution in [0.5, 0.6) is 11.5 Å². The number of hydrogen-bond acceptors (Lipinski definition) is 6. The Morgan fingerprint density at radius 2 is 2.04 bits per heavy atom. The predicted octanol–water partition coefficient (Wildman–Crippen LogP) is 2.75. The maximum Gasteiger partial charge on any atom is 0.273 e. The Morgan fingerprint density at radius 3 is 2.75 bits per heavy atom. The van der Waals surface area contributed by atoms with Crippen molar-refractivity contribution in [2.75, 3.05) is 23.9 Å². The van der Waals surface area contributed by atoms with Crippen molar-refractivity contribution >= 4 is 28.9 Å². The highest BCUT2D eigenvalue weighted by atomic mass is 16.6. The lowest BCUT2D eigenvalue weighted by Gasteiger charge is -2.27. The first-order valence-electron chi connectivity index (χ1n) is 8.57. The second-order valence-electron chi connectivity index (χ2n) is 6.26. The monoisotopic (exact) mass is 385 g/mol. The van der Waals surface area contributed by atoms with Crippen LogP contribution in [0.1, 0.15) is 13.3 Å². The number of nitrogens with zero attached hydrogens (tertiary/aromatic N) is 2. The van der Waals surface area contributed by atoms with E-state index in [0.717, 1.165) is 0 Å². The van der Waals surface area contributed by atoms with Crippen molar-refractivity contribution in [3.63, 3.8) is 0 Å². The van der Waals surface area contributed by atoms with Gasteiger partial charge in [0.05, 0.1) is 29.5 Å². The fourth-order valence-electron chi connectivity index (χ4n) is 3.07. The molecule has 1 aliphatic rings. The van der Waals surface area contributed by atoms with Gasteiger partial charge in [-0.1, -0.05) is 12.1 Å². The van der Waals surface area contributed by atoms with Crippen LogP contribution in [0, 0.1) is 10.1 Å². The molecular weight excluding hydrogens is 366 g/mol. The third kappa shape index (κ3) is 3.88. The number of rotatable bonds is 5. The third-order valence-electron chi connectivity index (χ3n) is 4.34. The number of benzene rings is 2. The normalized spacial score (nSPS) is 15.9. The number of nitrogens with one attached hydrogen (secondary N) is 1. The molecule has 2 aromatic rings. The standard InChI is InChI=1S/C19H19N3O6/c1-12-9-18(23)20-14-5-3-4-6-15(14)21(12)19(24)11-28-17-10-13(22(25)26)7-8-16(17)27-2/h3-8,10,12H,9,11H2,1-2H3,(H,20,23)/t12-/m0/s1. The second kappa shape index (κ2) is 7.95. The number of ether oxygens (including phenoxy) is 2. The lowest BCUT2D eigenvalue weighted by molar-refractivity contribution is -0.385. The minimum Gasteiger partial charge on any atom is -0.493 e. The van der Waals surface area contributed by atoms with E-state index in [2.05, 4.69) is 5.32 Å². The van der Waals surface area contributed by atoms with Gasteiger partial charge in [0.25, 0.3) is 11.6 Å². The van der Waals surface area contributed by atoms with Crippen LogP contribution in [0.3, 0.4) is 0 Å².